The molecule has 0 unspecified atom stereocenters. The maximum absolute atomic E-state index is 8.89. The van der Waals surface area contributed by atoms with Gasteiger partial charge >= 0.3 is 0 Å². The normalized spacial score (nSPS) is 11.9. The Kier molecular flexibility index (Phi) is 2.62. The summed E-state index contributed by atoms with van der Waals surface area (Å²) in [5.74, 6) is 1.42. The van der Waals surface area contributed by atoms with Crippen molar-refractivity contribution < 1.29 is 9.47 Å². The highest BCUT2D eigenvalue weighted by Gasteiger charge is 2.13. The van der Waals surface area contributed by atoms with Crippen LogP contribution in [0.3, 0.4) is 0 Å². The van der Waals surface area contributed by atoms with Crippen LogP contribution >= 0.6 is 0 Å². The second-order valence-corrected chi connectivity index (χ2v) is 4.11. The minimum absolute atomic E-state index is 0.241. The molecule has 3 rings (SSSR count). The van der Waals surface area contributed by atoms with E-state index in [1.165, 1.54) is 0 Å². The van der Waals surface area contributed by atoms with Gasteiger partial charge in [0.05, 0.1) is 23.0 Å². The lowest BCUT2D eigenvalue weighted by atomic mass is 10.2. The number of nitrogen functional groups attached to an aromatic ring is 1. The number of nitrogens with zero attached hydrogens (tertiary/aromatic N) is 1. The molecule has 0 saturated heterocycles. The van der Waals surface area contributed by atoms with Crippen molar-refractivity contribution in [2.45, 2.75) is 0 Å². The Balaban J connectivity index is 1.91. The number of nitrogens with two attached hydrogens (primary N) is 1. The van der Waals surface area contributed by atoms with Crippen molar-refractivity contribution in [2.75, 3.05) is 17.8 Å². The topological polar surface area (TPSA) is 80.3 Å². The average molecular weight is 253 g/mol. The Labute approximate surface area is 110 Å². The highest BCUT2D eigenvalue weighted by molar-refractivity contribution is 5.75. The van der Waals surface area contributed by atoms with Gasteiger partial charge in [0.2, 0.25) is 6.79 Å². The van der Waals surface area contributed by atoms with Gasteiger partial charge in [-0.1, -0.05) is 0 Å². The fraction of sp³-hybridized carbons (Fsp3) is 0.0714. The first-order chi connectivity index (χ1) is 9.26. The van der Waals surface area contributed by atoms with Crippen molar-refractivity contribution in [3.05, 3.63) is 42.0 Å². The van der Waals surface area contributed by atoms with Crippen LogP contribution in [0.15, 0.2) is 36.4 Å². The van der Waals surface area contributed by atoms with Crippen LogP contribution in [0, 0.1) is 11.3 Å². The van der Waals surface area contributed by atoms with Gasteiger partial charge < -0.3 is 20.5 Å². The van der Waals surface area contributed by atoms with Crippen molar-refractivity contribution >= 4 is 17.1 Å². The molecule has 0 saturated carbocycles. The SMILES string of the molecule is N#Cc1ccc(N)c(Nc2ccc3c(c2)OCO3)c1. The molecule has 0 radical (unpaired) electrons. The smallest absolute Gasteiger partial charge is 0.231 e. The van der Waals surface area contributed by atoms with Crippen molar-refractivity contribution in [1.82, 2.24) is 0 Å². The van der Waals surface area contributed by atoms with Crippen LogP contribution in [0.25, 0.3) is 0 Å². The van der Waals surface area contributed by atoms with Gasteiger partial charge in [-0.15, -0.1) is 0 Å². The van der Waals surface area contributed by atoms with E-state index in [0.29, 0.717) is 22.7 Å². The molecule has 1 aliphatic rings. The Bertz CT molecular complexity index is 677. The third-order valence-electron chi connectivity index (χ3n) is 2.83. The molecule has 1 heterocycles. The number of ether oxygens (including phenoxy) is 2. The molecule has 3 N–H and O–H groups in total. The van der Waals surface area contributed by atoms with Crippen LogP contribution in [-0.2, 0) is 0 Å². The van der Waals surface area contributed by atoms with Crippen LogP contribution < -0.4 is 20.5 Å². The van der Waals surface area contributed by atoms with Crippen molar-refractivity contribution in [1.29, 1.82) is 5.26 Å². The number of nitriles is 1. The molecule has 2 aromatic carbocycles. The van der Waals surface area contributed by atoms with Gasteiger partial charge in [0.15, 0.2) is 11.5 Å². The summed E-state index contributed by atoms with van der Waals surface area (Å²) in [5.41, 5.74) is 8.53. The summed E-state index contributed by atoms with van der Waals surface area (Å²) in [6.45, 7) is 0.241. The van der Waals surface area contributed by atoms with E-state index in [-0.39, 0.29) is 6.79 Å². The quantitative estimate of drug-likeness (QED) is 0.804. The minimum atomic E-state index is 0.241. The maximum atomic E-state index is 8.89. The summed E-state index contributed by atoms with van der Waals surface area (Å²) >= 11 is 0. The number of rotatable bonds is 2. The number of nitrogens with one attached hydrogen (secondary N) is 1. The number of fused-ring (bicyclic) bond motifs is 1. The van der Waals surface area contributed by atoms with E-state index >= 15 is 0 Å². The molecule has 94 valence electrons. The van der Waals surface area contributed by atoms with Crippen molar-refractivity contribution in [3.8, 4) is 17.6 Å². The minimum Gasteiger partial charge on any atom is -0.454 e. The summed E-state index contributed by atoms with van der Waals surface area (Å²) in [5, 5.41) is 12.1. The second kappa shape index (κ2) is 4.42. The van der Waals surface area contributed by atoms with E-state index in [2.05, 4.69) is 11.4 Å². The Morgan fingerprint density at radius 2 is 1.95 bits per heavy atom. The highest BCUT2D eigenvalue weighted by atomic mass is 16.7. The molecule has 0 fully saturated rings. The van der Waals surface area contributed by atoms with Gasteiger partial charge in [-0.3, -0.25) is 0 Å². The molecule has 0 spiro atoms. The largest absolute Gasteiger partial charge is 0.454 e. The van der Waals surface area contributed by atoms with Crippen LogP contribution in [0.1, 0.15) is 5.56 Å². The van der Waals surface area contributed by atoms with Crippen LogP contribution in [-0.4, -0.2) is 6.79 Å². The zero-order chi connectivity index (χ0) is 13.2. The third-order valence-corrected chi connectivity index (χ3v) is 2.83. The molecule has 5 nitrogen and oxygen atoms in total. The van der Waals surface area contributed by atoms with Gasteiger partial charge in [0.25, 0.3) is 0 Å². The van der Waals surface area contributed by atoms with Crippen molar-refractivity contribution in [2.24, 2.45) is 0 Å². The standard InChI is InChI=1S/C14H11N3O2/c15-7-9-1-3-11(16)12(5-9)17-10-2-4-13-14(6-10)19-8-18-13/h1-6,17H,8,16H2. The van der Waals surface area contributed by atoms with Crippen LogP contribution in [0.5, 0.6) is 11.5 Å². The summed E-state index contributed by atoms with van der Waals surface area (Å²) in [6, 6.07) is 12.7. The predicted molar refractivity (Wildman–Crippen MR) is 71.4 cm³/mol. The molecule has 2 aromatic rings. The van der Waals surface area contributed by atoms with Gasteiger partial charge in [-0.25, -0.2) is 0 Å². The number of benzene rings is 2. The first kappa shape index (κ1) is 11.2. The molecule has 5 heteroatoms. The average Bonchev–Trinajstić information content (AvgIpc) is 2.89. The Morgan fingerprint density at radius 1 is 1.11 bits per heavy atom. The fourth-order valence-electron chi connectivity index (χ4n) is 1.86. The van der Waals surface area contributed by atoms with Gasteiger partial charge in [0.1, 0.15) is 0 Å². The summed E-state index contributed by atoms with van der Waals surface area (Å²) < 4.78 is 10.6. The predicted octanol–water partition coefficient (Wildman–Crippen LogP) is 2.61. The van der Waals surface area contributed by atoms with E-state index < -0.39 is 0 Å². The fourth-order valence-corrected chi connectivity index (χ4v) is 1.86. The van der Waals surface area contributed by atoms with Crippen molar-refractivity contribution in [3.63, 3.8) is 0 Å². The first-order valence-corrected chi connectivity index (χ1v) is 5.72. The molecule has 1 aliphatic heterocycles. The lowest BCUT2D eigenvalue weighted by molar-refractivity contribution is 0.174. The molecule has 0 amide bonds. The zero-order valence-electron chi connectivity index (χ0n) is 10.0. The molecule has 19 heavy (non-hydrogen) atoms. The molecular weight excluding hydrogens is 242 g/mol. The highest BCUT2D eigenvalue weighted by Crippen LogP contribution is 2.35. The maximum Gasteiger partial charge on any atom is 0.231 e. The second-order valence-electron chi connectivity index (χ2n) is 4.11. The molecule has 0 atom stereocenters. The van der Waals surface area contributed by atoms with E-state index in [4.69, 9.17) is 20.5 Å². The van der Waals surface area contributed by atoms with Crippen LogP contribution in [0.2, 0.25) is 0 Å². The van der Waals surface area contributed by atoms with Gasteiger partial charge in [-0.05, 0) is 30.3 Å². The lowest BCUT2D eigenvalue weighted by Crippen LogP contribution is -1.97. The van der Waals surface area contributed by atoms with E-state index in [9.17, 15) is 0 Å². The Morgan fingerprint density at radius 3 is 2.79 bits per heavy atom. The molecular formula is C14H11N3O2. The zero-order valence-corrected chi connectivity index (χ0v) is 10.0. The third kappa shape index (κ3) is 2.11. The lowest BCUT2D eigenvalue weighted by Gasteiger charge is -2.10. The van der Waals surface area contributed by atoms with Gasteiger partial charge in [-0.2, -0.15) is 5.26 Å². The van der Waals surface area contributed by atoms with Crippen LogP contribution in [0.4, 0.5) is 17.1 Å². The molecule has 0 aliphatic carbocycles. The number of anilines is 3. The number of hydrogen-bond acceptors (Lipinski definition) is 5. The number of hydrogen-bond donors (Lipinski definition) is 2. The monoisotopic (exact) mass is 253 g/mol. The van der Waals surface area contributed by atoms with E-state index in [0.717, 1.165) is 11.4 Å². The summed E-state index contributed by atoms with van der Waals surface area (Å²) in [6.07, 6.45) is 0. The van der Waals surface area contributed by atoms with E-state index in [1.54, 1.807) is 18.2 Å². The first-order valence-electron chi connectivity index (χ1n) is 5.72. The van der Waals surface area contributed by atoms with Gasteiger partial charge in [0, 0.05) is 11.8 Å². The molecule has 0 bridgehead atoms. The summed E-state index contributed by atoms with van der Waals surface area (Å²) in [7, 11) is 0. The Hall–Kier alpha value is -2.87. The summed E-state index contributed by atoms with van der Waals surface area (Å²) in [4.78, 5) is 0. The molecule has 0 aromatic heterocycles. The van der Waals surface area contributed by atoms with E-state index in [1.807, 2.05) is 18.2 Å².